The fourth-order valence-corrected chi connectivity index (χ4v) is 1.47. The number of carbonyl (C=O) groups excluding carboxylic acids is 1. The maximum atomic E-state index is 13.7. The molecule has 0 bridgehead atoms. The lowest BCUT2D eigenvalue weighted by Crippen LogP contribution is -2.18. The first-order chi connectivity index (χ1) is 8.27. The number of halogens is 2. The third-order valence-electron chi connectivity index (χ3n) is 2.49. The van der Waals surface area contributed by atoms with E-state index in [9.17, 15) is 18.7 Å². The molecule has 1 aromatic carbocycles. The minimum absolute atomic E-state index is 0.0752. The van der Waals surface area contributed by atoms with E-state index in [2.05, 4.69) is 4.74 Å². The van der Waals surface area contributed by atoms with Crippen molar-refractivity contribution in [3.8, 4) is 0 Å². The molecule has 0 spiro atoms. The minimum atomic E-state index is -1.74. The van der Waals surface area contributed by atoms with E-state index >= 15 is 0 Å². The van der Waals surface area contributed by atoms with Gasteiger partial charge in [-0.15, -0.1) is 0 Å². The second kappa shape index (κ2) is 5.44. The fourth-order valence-electron chi connectivity index (χ4n) is 1.47. The Hall–Kier alpha value is -1.49. The molecule has 1 N–H and O–H groups in total. The van der Waals surface area contributed by atoms with Gasteiger partial charge in [-0.1, -0.05) is 6.07 Å². The van der Waals surface area contributed by atoms with Gasteiger partial charge >= 0.3 is 5.97 Å². The van der Waals surface area contributed by atoms with E-state index in [4.69, 9.17) is 0 Å². The number of benzene rings is 1. The molecule has 0 amide bonds. The minimum Gasteiger partial charge on any atom is -0.464 e. The molecule has 0 radical (unpaired) electrons. The second-order valence-corrected chi connectivity index (χ2v) is 4.36. The second-order valence-electron chi connectivity index (χ2n) is 4.36. The molecular formula is C13H16F2O3. The number of aliphatic hydroxyl groups is 1. The molecule has 0 saturated heterocycles. The lowest BCUT2D eigenvalue weighted by atomic mass is 9.96. The van der Waals surface area contributed by atoms with Gasteiger partial charge in [-0.25, -0.2) is 13.6 Å². The molecule has 1 unspecified atom stereocenters. The van der Waals surface area contributed by atoms with Crippen molar-refractivity contribution >= 4 is 5.97 Å². The van der Waals surface area contributed by atoms with E-state index in [1.807, 2.05) is 0 Å². The van der Waals surface area contributed by atoms with E-state index < -0.39 is 23.6 Å². The number of hydrogen-bond donors (Lipinski definition) is 1. The number of ether oxygens (including phenoxy) is 1. The van der Waals surface area contributed by atoms with Crippen LogP contribution in [-0.2, 0) is 15.2 Å². The molecule has 1 aromatic rings. The number of carbonyl (C=O) groups is 1. The maximum Gasteiger partial charge on any atom is 0.339 e. The van der Waals surface area contributed by atoms with Gasteiger partial charge in [0.1, 0.15) is 11.5 Å². The molecule has 0 heterocycles. The van der Waals surface area contributed by atoms with Crippen molar-refractivity contribution in [2.24, 2.45) is 0 Å². The van der Waals surface area contributed by atoms with Crippen LogP contribution < -0.4 is 0 Å². The van der Waals surface area contributed by atoms with Crippen molar-refractivity contribution in [2.45, 2.75) is 32.5 Å². The molecule has 100 valence electrons. The Morgan fingerprint density at radius 1 is 1.50 bits per heavy atom. The summed E-state index contributed by atoms with van der Waals surface area (Å²) in [5.74, 6) is -1.73. The highest BCUT2D eigenvalue weighted by atomic mass is 19.1. The Morgan fingerprint density at radius 2 is 2.11 bits per heavy atom. The number of aliphatic hydroxyl groups excluding tert-OH is 1. The Kier molecular flexibility index (Phi) is 4.40. The zero-order valence-corrected chi connectivity index (χ0v) is 10.5. The van der Waals surface area contributed by atoms with Crippen LogP contribution >= 0.6 is 0 Å². The molecule has 0 aliphatic carbocycles. The van der Waals surface area contributed by atoms with Crippen molar-refractivity contribution in [1.82, 2.24) is 0 Å². The SMILES string of the molecule is CCOC(=O)C(O)c1cc(C(C)(C)F)ccc1F. The van der Waals surface area contributed by atoms with Crippen LogP contribution in [0.5, 0.6) is 0 Å². The van der Waals surface area contributed by atoms with E-state index in [1.54, 1.807) is 6.92 Å². The summed E-state index contributed by atoms with van der Waals surface area (Å²) < 4.78 is 31.8. The topological polar surface area (TPSA) is 46.5 Å². The zero-order chi connectivity index (χ0) is 13.9. The van der Waals surface area contributed by atoms with Gasteiger partial charge in [-0.05, 0) is 38.5 Å². The van der Waals surface area contributed by atoms with E-state index in [0.717, 1.165) is 12.1 Å². The molecule has 1 rings (SSSR count). The van der Waals surface area contributed by atoms with Crippen LogP contribution in [0.2, 0.25) is 0 Å². The van der Waals surface area contributed by atoms with Crippen LogP contribution in [0, 0.1) is 5.82 Å². The van der Waals surface area contributed by atoms with Gasteiger partial charge in [0.25, 0.3) is 0 Å². The van der Waals surface area contributed by atoms with Crippen LogP contribution in [0.3, 0.4) is 0 Å². The molecule has 1 atom stereocenters. The molecule has 0 fully saturated rings. The monoisotopic (exact) mass is 258 g/mol. The van der Waals surface area contributed by atoms with Crippen LogP contribution in [0.25, 0.3) is 0 Å². The summed E-state index contributed by atoms with van der Waals surface area (Å²) in [5, 5.41) is 9.65. The van der Waals surface area contributed by atoms with E-state index in [1.165, 1.54) is 19.9 Å². The van der Waals surface area contributed by atoms with Crippen molar-refractivity contribution in [2.75, 3.05) is 6.61 Å². The molecule has 3 nitrogen and oxygen atoms in total. The summed E-state index contributed by atoms with van der Waals surface area (Å²) in [7, 11) is 0. The quantitative estimate of drug-likeness (QED) is 0.844. The van der Waals surface area contributed by atoms with Gasteiger partial charge in [0.15, 0.2) is 6.10 Å². The molecule has 0 aliphatic rings. The number of alkyl halides is 1. The zero-order valence-electron chi connectivity index (χ0n) is 10.5. The first-order valence-electron chi connectivity index (χ1n) is 5.61. The van der Waals surface area contributed by atoms with Crippen LogP contribution in [0.15, 0.2) is 18.2 Å². The predicted octanol–water partition coefficient (Wildman–Crippen LogP) is 2.63. The van der Waals surface area contributed by atoms with Crippen molar-refractivity contribution in [1.29, 1.82) is 0 Å². The Balaban J connectivity index is 3.12. The Labute approximate surface area is 104 Å². The van der Waals surface area contributed by atoms with Crippen LogP contribution in [-0.4, -0.2) is 17.7 Å². The standard InChI is InChI=1S/C13H16F2O3/c1-4-18-12(17)11(16)9-7-8(13(2,3)15)5-6-10(9)14/h5-7,11,16H,4H2,1-3H3. The third-order valence-corrected chi connectivity index (χ3v) is 2.49. The lowest BCUT2D eigenvalue weighted by Gasteiger charge is -2.17. The van der Waals surface area contributed by atoms with Crippen LogP contribution in [0.1, 0.15) is 38.0 Å². The normalized spacial score (nSPS) is 13.2. The van der Waals surface area contributed by atoms with Crippen molar-refractivity contribution < 1.29 is 23.4 Å². The average molecular weight is 258 g/mol. The summed E-state index contributed by atoms with van der Waals surface area (Å²) in [5.41, 5.74) is -1.78. The molecule has 18 heavy (non-hydrogen) atoms. The third kappa shape index (κ3) is 3.26. The molecule has 0 saturated carbocycles. The highest BCUT2D eigenvalue weighted by Crippen LogP contribution is 2.28. The molecule has 0 aliphatic heterocycles. The smallest absolute Gasteiger partial charge is 0.339 e. The first-order valence-corrected chi connectivity index (χ1v) is 5.61. The largest absolute Gasteiger partial charge is 0.464 e. The van der Waals surface area contributed by atoms with Crippen LogP contribution in [0.4, 0.5) is 8.78 Å². The number of esters is 1. The molecule has 0 aromatic heterocycles. The van der Waals surface area contributed by atoms with Gasteiger partial charge < -0.3 is 9.84 Å². The van der Waals surface area contributed by atoms with Gasteiger partial charge in [-0.3, -0.25) is 0 Å². The summed E-state index contributed by atoms with van der Waals surface area (Å²) in [6.45, 7) is 4.26. The Morgan fingerprint density at radius 3 is 2.61 bits per heavy atom. The Bertz CT molecular complexity index is 438. The fraction of sp³-hybridized carbons (Fsp3) is 0.462. The van der Waals surface area contributed by atoms with E-state index in [-0.39, 0.29) is 17.7 Å². The number of rotatable bonds is 4. The summed E-state index contributed by atoms with van der Waals surface area (Å²) in [6.07, 6.45) is -1.74. The predicted molar refractivity (Wildman–Crippen MR) is 62.1 cm³/mol. The molecule has 5 heteroatoms. The number of hydrogen-bond acceptors (Lipinski definition) is 3. The van der Waals surface area contributed by atoms with E-state index in [0.29, 0.717) is 0 Å². The van der Waals surface area contributed by atoms with Crippen molar-refractivity contribution in [3.63, 3.8) is 0 Å². The lowest BCUT2D eigenvalue weighted by molar-refractivity contribution is -0.153. The van der Waals surface area contributed by atoms with Crippen molar-refractivity contribution in [3.05, 3.63) is 35.1 Å². The van der Waals surface area contributed by atoms with Gasteiger partial charge in [0, 0.05) is 5.56 Å². The first kappa shape index (κ1) is 14.6. The van der Waals surface area contributed by atoms with Gasteiger partial charge in [0.2, 0.25) is 0 Å². The maximum absolute atomic E-state index is 13.7. The summed E-state index contributed by atoms with van der Waals surface area (Å²) in [4.78, 5) is 11.3. The average Bonchev–Trinajstić information content (AvgIpc) is 2.27. The molecular weight excluding hydrogens is 242 g/mol. The van der Waals surface area contributed by atoms with Gasteiger partial charge in [-0.2, -0.15) is 0 Å². The van der Waals surface area contributed by atoms with Gasteiger partial charge in [0.05, 0.1) is 6.61 Å². The summed E-state index contributed by atoms with van der Waals surface area (Å²) >= 11 is 0. The summed E-state index contributed by atoms with van der Waals surface area (Å²) in [6, 6.07) is 3.43. The highest BCUT2D eigenvalue weighted by Gasteiger charge is 2.26. The highest BCUT2D eigenvalue weighted by molar-refractivity contribution is 5.76.